The summed E-state index contributed by atoms with van der Waals surface area (Å²) >= 11 is 1.29. The third-order valence-corrected chi connectivity index (χ3v) is 4.16. The van der Waals surface area contributed by atoms with Gasteiger partial charge in [-0.3, -0.25) is 14.3 Å². The van der Waals surface area contributed by atoms with E-state index < -0.39 is 0 Å². The van der Waals surface area contributed by atoms with E-state index >= 15 is 0 Å². The quantitative estimate of drug-likeness (QED) is 0.474. The van der Waals surface area contributed by atoms with Gasteiger partial charge in [0.1, 0.15) is 5.76 Å². The molecule has 0 spiro atoms. The third-order valence-electron chi connectivity index (χ3n) is 3.22. The smallest absolute Gasteiger partial charge is 0.316 e. The molecule has 0 unspecified atom stereocenters. The number of carbonyl (C=O) groups is 1. The van der Waals surface area contributed by atoms with Crippen LogP contribution < -0.4 is 0 Å². The third kappa shape index (κ3) is 4.48. The van der Waals surface area contributed by atoms with E-state index in [1.165, 1.54) is 11.8 Å². The van der Waals surface area contributed by atoms with Gasteiger partial charge in [0.2, 0.25) is 0 Å². The van der Waals surface area contributed by atoms with Crippen molar-refractivity contribution in [1.29, 1.82) is 0 Å². The SMILES string of the molecule is CC(C)OC(=O)CSc1nnc(-c2cccnc2)n1Cc1ccco1. The van der Waals surface area contributed by atoms with Crippen molar-refractivity contribution < 1.29 is 13.9 Å². The van der Waals surface area contributed by atoms with Gasteiger partial charge >= 0.3 is 5.97 Å². The maximum atomic E-state index is 11.8. The molecule has 130 valence electrons. The summed E-state index contributed by atoms with van der Waals surface area (Å²) in [5, 5.41) is 9.11. The standard InChI is InChI=1S/C17H18N4O3S/c1-12(2)24-15(22)11-25-17-20-19-16(13-5-3-7-18-9-13)21(17)10-14-6-4-8-23-14/h3-9,12H,10-11H2,1-2H3. The van der Waals surface area contributed by atoms with Crippen LogP contribution in [0.15, 0.2) is 52.5 Å². The number of hydrogen-bond acceptors (Lipinski definition) is 7. The minimum Gasteiger partial charge on any atom is -0.467 e. The van der Waals surface area contributed by atoms with Crippen LogP contribution in [0.2, 0.25) is 0 Å². The Morgan fingerprint density at radius 3 is 2.88 bits per heavy atom. The van der Waals surface area contributed by atoms with Gasteiger partial charge in [-0.15, -0.1) is 10.2 Å². The molecule has 0 fully saturated rings. The predicted octanol–water partition coefficient (Wildman–Crippen LogP) is 3.03. The lowest BCUT2D eigenvalue weighted by Crippen LogP contribution is -2.14. The van der Waals surface area contributed by atoms with Gasteiger partial charge in [0, 0.05) is 18.0 Å². The fraction of sp³-hybridized carbons (Fsp3) is 0.294. The summed E-state index contributed by atoms with van der Waals surface area (Å²) in [4.78, 5) is 15.9. The van der Waals surface area contributed by atoms with Crippen molar-refractivity contribution in [2.24, 2.45) is 0 Å². The number of furan rings is 1. The highest BCUT2D eigenvalue weighted by atomic mass is 32.2. The Balaban J connectivity index is 1.84. The summed E-state index contributed by atoms with van der Waals surface area (Å²) in [5.74, 6) is 1.33. The minimum atomic E-state index is -0.282. The first kappa shape index (κ1) is 17.2. The Hall–Kier alpha value is -2.61. The molecule has 3 rings (SSSR count). The summed E-state index contributed by atoms with van der Waals surface area (Å²) < 4.78 is 12.5. The zero-order chi connectivity index (χ0) is 17.6. The molecule has 3 heterocycles. The van der Waals surface area contributed by atoms with Crippen LogP contribution in [0.4, 0.5) is 0 Å². The lowest BCUT2D eigenvalue weighted by Gasteiger charge is -2.09. The number of ether oxygens (including phenoxy) is 1. The summed E-state index contributed by atoms with van der Waals surface area (Å²) in [7, 11) is 0. The Bertz CT molecular complexity index is 816. The molecule has 0 N–H and O–H groups in total. The number of hydrogen-bond donors (Lipinski definition) is 0. The van der Waals surface area contributed by atoms with E-state index in [1.807, 2.05) is 42.7 Å². The van der Waals surface area contributed by atoms with E-state index in [9.17, 15) is 4.79 Å². The number of aromatic nitrogens is 4. The average molecular weight is 358 g/mol. The molecule has 0 saturated carbocycles. The first-order valence-electron chi connectivity index (χ1n) is 7.81. The van der Waals surface area contributed by atoms with Crippen molar-refractivity contribution in [2.45, 2.75) is 31.7 Å². The van der Waals surface area contributed by atoms with Crippen molar-refractivity contribution in [1.82, 2.24) is 19.7 Å². The maximum Gasteiger partial charge on any atom is 0.316 e. The van der Waals surface area contributed by atoms with Gasteiger partial charge < -0.3 is 9.15 Å². The highest BCUT2D eigenvalue weighted by Crippen LogP contribution is 2.25. The summed E-state index contributed by atoms with van der Waals surface area (Å²) in [6.45, 7) is 4.11. The monoisotopic (exact) mass is 358 g/mol. The van der Waals surface area contributed by atoms with Crippen molar-refractivity contribution >= 4 is 17.7 Å². The summed E-state index contributed by atoms with van der Waals surface area (Å²) in [6.07, 6.45) is 4.91. The highest BCUT2D eigenvalue weighted by molar-refractivity contribution is 7.99. The summed E-state index contributed by atoms with van der Waals surface area (Å²) in [6, 6.07) is 7.47. The van der Waals surface area contributed by atoms with E-state index in [2.05, 4.69) is 15.2 Å². The van der Waals surface area contributed by atoms with Crippen molar-refractivity contribution in [2.75, 3.05) is 5.75 Å². The Labute approximate surface area is 149 Å². The van der Waals surface area contributed by atoms with Crippen molar-refractivity contribution in [3.8, 4) is 11.4 Å². The zero-order valence-electron chi connectivity index (χ0n) is 14.0. The topological polar surface area (TPSA) is 83.0 Å². The summed E-state index contributed by atoms with van der Waals surface area (Å²) in [5.41, 5.74) is 0.846. The lowest BCUT2D eigenvalue weighted by molar-refractivity contribution is -0.144. The fourth-order valence-corrected chi connectivity index (χ4v) is 2.95. The number of nitrogens with zero attached hydrogens (tertiary/aromatic N) is 4. The van der Waals surface area contributed by atoms with Gasteiger partial charge in [0.25, 0.3) is 0 Å². The molecule has 0 bridgehead atoms. The van der Waals surface area contributed by atoms with Crippen LogP contribution in [0.1, 0.15) is 19.6 Å². The van der Waals surface area contributed by atoms with E-state index in [4.69, 9.17) is 9.15 Å². The molecule has 0 saturated heterocycles. The molecule has 0 amide bonds. The highest BCUT2D eigenvalue weighted by Gasteiger charge is 2.17. The average Bonchev–Trinajstić information content (AvgIpc) is 3.24. The first-order valence-corrected chi connectivity index (χ1v) is 8.80. The molecule has 3 aromatic rings. The normalized spacial score (nSPS) is 11.0. The van der Waals surface area contributed by atoms with Gasteiger partial charge in [0.15, 0.2) is 11.0 Å². The maximum absolute atomic E-state index is 11.8. The second-order valence-electron chi connectivity index (χ2n) is 5.54. The molecule has 0 aliphatic carbocycles. The molecule has 0 radical (unpaired) electrons. The Kier molecular flexibility index (Phi) is 5.49. The van der Waals surface area contributed by atoms with E-state index in [-0.39, 0.29) is 17.8 Å². The number of esters is 1. The number of carbonyl (C=O) groups excluding carboxylic acids is 1. The molecule has 8 heteroatoms. The van der Waals surface area contributed by atoms with Gasteiger partial charge in [-0.2, -0.15) is 0 Å². The second kappa shape index (κ2) is 7.98. The first-order chi connectivity index (χ1) is 12.1. The second-order valence-corrected chi connectivity index (χ2v) is 6.48. The van der Waals surface area contributed by atoms with E-state index in [1.54, 1.807) is 18.7 Å². The molecular weight excluding hydrogens is 340 g/mol. The van der Waals surface area contributed by atoms with E-state index in [0.717, 1.165) is 11.3 Å². The molecule has 0 atom stereocenters. The molecule has 0 aromatic carbocycles. The van der Waals surface area contributed by atoms with Crippen molar-refractivity contribution in [3.63, 3.8) is 0 Å². The zero-order valence-corrected chi connectivity index (χ0v) is 14.8. The fourth-order valence-electron chi connectivity index (χ4n) is 2.23. The van der Waals surface area contributed by atoms with E-state index in [0.29, 0.717) is 17.5 Å². The molecule has 0 aliphatic heterocycles. The van der Waals surface area contributed by atoms with Crippen LogP contribution in [0.25, 0.3) is 11.4 Å². The van der Waals surface area contributed by atoms with Gasteiger partial charge in [-0.25, -0.2) is 0 Å². The van der Waals surface area contributed by atoms with Crippen LogP contribution >= 0.6 is 11.8 Å². The molecule has 25 heavy (non-hydrogen) atoms. The molecule has 0 aliphatic rings. The number of rotatable bonds is 7. The van der Waals surface area contributed by atoms with Gasteiger partial charge in [-0.05, 0) is 38.1 Å². The predicted molar refractivity (Wildman–Crippen MR) is 93.0 cm³/mol. The van der Waals surface area contributed by atoms with Gasteiger partial charge in [0.05, 0.1) is 24.7 Å². The lowest BCUT2D eigenvalue weighted by atomic mass is 10.2. The van der Waals surface area contributed by atoms with Crippen LogP contribution in [0.5, 0.6) is 0 Å². The Morgan fingerprint density at radius 2 is 2.20 bits per heavy atom. The molecular formula is C17H18N4O3S. The van der Waals surface area contributed by atoms with Crippen LogP contribution in [0, 0.1) is 0 Å². The van der Waals surface area contributed by atoms with Crippen LogP contribution in [-0.4, -0.2) is 37.6 Å². The van der Waals surface area contributed by atoms with Crippen molar-refractivity contribution in [3.05, 3.63) is 48.7 Å². The number of pyridine rings is 1. The Morgan fingerprint density at radius 1 is 1.32 bits per heavy atom. The molecule has 3 aromatic heterocycles. The van der Waals surface area contributed by atoms with Gasteiger partial charge in [-0.1, -0.05) is 11.8 Å². The molecule has 7 nitrogen and oxygen atoms in total. The minimum absolute atomic E-state index is 0.139. The van der Waals surface area contributed by atoms with Crippen LogP contribution in [-0.2, 0) is 16.1 Å². The van der Waals surface area contributed by atoms with Crippen LogP contribution in [0.3, 0.4) is 0 Å². The largest absolute Gasteiger partial charge is 0.467 e. The number of thioether (sulfide) groups is 1.